The number of aromatic nitrogens is 1. The zero-order valence-corrected chi connectivity index (χ0v) is 24.0. The van der Waals surface area contributed by atoms with Gasteiger partial charge in [-0.05, 0) is 61.0 Å². The van der Waals surface area contributed by atoms with E-state index in [0.717, 1.165) is 56.6 Å². The largest absolute Gasteiger partial charge is 0.494 e. The summed E-state index contributed by atoms with van der Waals surface area (Å²) < 4.78 is 12.8. The summed E-state index contributed by atoms with van der Waals surface area (Å²) in [6.45, 7) is 9.03. The highest BCUT2D eigenvalue weighted by Crippen LogP contribution is 2.36. The molecular weight excluding hydrogens is 548 g/mol. The number of benzene rings is 2. The highest BCUT2D eigenvalue weighted by molar-refractivity contribution is 7.39. The predicted octanol–water partition coefficient (Wildman–Crippen LogP) is 5.67. The molecule has 0 amide bonds. The van der Waals surface area contributed by atoms with E-state index in [1.165, 1.54) is 10.6 Å². The van der Waals surface area contributed by atoms with Gasteiger partial charge in [0.15, 0.2) is 0 Å². The Balaban J connectivity index is 1.29. The lowest BCUT2D eigenvalue weighted by Gasteiger charge is -2.36. The van der Waals surface area contributed by atoms with E-state index < -0.39 is 14.8 Å². The summed E-state index contributed by atoms with van der Waals surface area (Å²) in [6.07, 6.45) is 1.10. The SMILES string of the molecule is CC(C)C(OP(O)O)n1c(=O)ccc2ccc(OCCCCN3CCN(c4cccc(Cl)c4Cl)CC3)cc21. The number of hydrogen-bond donors (Lipinski definition) is 2. The molecule has 2 N–H and O–H groups in total. The van der Waals surface area contributed by atoms with Crippen molar-refractivity contribution in [1.29, 1.82) is 0 Å². The monoisotopic (exact) mass is 581 g/mol. The van der Waals surface area contributed by atoms with Crippen LogP contribution in [0.25, 0.3) is 10.9 Å². The molecule has 0 saturated carbocycles. The minimum absolute atomic E-state index is 0.156. The minimum atomic E-state index is -2.62. The van der Waals surface area contributed by atoms with E-state index in [1.54, 1.807) is 6.07 Å². The molecule has 38 heavy (non-hydrogen) atoms. The normalized spacial score (nSPS) is 15.5. The van der Waals surface area contributed by atoms with Crippen LogP contribution in [0, 0.1) is 5.92 Å². The van der Waals surface area contributed by atoms with E-state index in [1.807, 2.05) is 50.2 Å². The fourth-order valence-electron chi connectivity index (χ4n) is 4.73. The third kappa shape index (κ3) is 7.19. The molecule has 11 heteroatoms. The lowest BCUT2D eigenvalue weighted by Crippen LogP contribution is -2.46. The van der Waals surface area contributed by atoms with E-state index in [2.05, 4.69) is 9.80 Å². The van der Waals surface area contributed by atoms with Crippen molar-refractivity contribution in [3.05, 3.63) is 68.9 Å². The van der Waals surface area contributed by atoms with E-state index in [0.29, 0.717) is 27.9 Å². The third-order valence-electron chi connectivity index (χ3n) is 6.71. The molecule has 2 aromatic carbocycles. The minimum Gasteiger partial charge on any atom is -0.494 e. The van der Waals surface area contributed by atoms with Crippen molar-refractivity contribution in [1.82, 2.24) is 9.47 Å². The second-order valence-corrected chi connectivity index (χ2v) is 11.2. The van der Waals surface area contributed by atoms with Crippen LogP contribution in [0.3, 0.4) is 0 Å². The standard InChI is InChI=1S/C27H34Cl2N3O5P/c1-19(2)27(37-38(34)35)32-24-18-21(10-8-20(24)9-11-25(32)33)36-17-4-3-12-30-13-15-31(16-14-30)23-7-5-6-22(28)26(23)29/h5-11,18-19,27,34-35H,3-4,12-17H2,1-2H3. The van der Waals surface area contributed by atoms with Crippen molar-refractivity contribution in [3.8, 4) is 5.75 Å². The molecule has 1 saturated heterocycles. The van der Waals surface area contributed by atoms with Crippen LogP contribution in [0.2, 0.25) is 10.0 Å². The van der Waals surface area contributed by atoms with Gasteiger partial charge in [0.1, 0.15) is 12.0 Å². The number of hydrogen-bond acceptors (Lipinski definition) is 7. The average molecular weight is 582 g/mol. The Labute approximate surface area is 234 Å². The summed E-state index contributed by atoms with van der Waals surface area (Å²) in [7, 11) is -2.62. The van der Waals surface area contributed by atoms with Crippen LogP contribution >= 0.6 is 31.8 Å². The summed E-state index contributed by atoms with van der Waals surface area (Å²) in [6, 6.07) is 14.5. The fraction of sp³-hybridized carbons (Fsp3) is 0.444. The maximum Gasteiger partial charge on any atom is 0.329 e. The van der Waals surface area contributed by atoms with Crippen molar-refractivity contribution >= 4 is 48.4 Å². The van der Waals surface area contributed by atoms with Gasteiger partial charge in [-0.1, -0.05) is 43.1 Å². The van der Waals surface area contributed by atoms with Gasteiger partial charge in [-0.15, -0.1) is 0 Å². The topological polar surface area (TPSA) is 87.4 Å². The van der Waals surface area contributed by atoms with E-state index in [9.17, 15) is 14.6 Å². The van der Waals surface area contributed by atoms with Gasteiger partial charge < -0.3 is 19.4 Å². The Morgan fingerprint density at radius 1 is 1.00 bits per heavy atom. The molecule has 1 atom stereocenters. The van der Waals surface area contributed by atoms with Gasteiger partial charge in [0.05, 0.1) is 27.9 Å². The van der Waals surface area contributed by atoms with Crippen molar-refractivity contribution in [3.63, 3.8) is 0 Å². The second kappa shape index (κ2) is 13.4. The van der Waals surface area contributed by atoms with Gasteiger partial charge >= 0.3 is 8.60 Å². The first-order valence-electron chi connectivity index (χ1n) is 12.8. The molecule has 3 aromatic rings. The Bertz CT molecular complexity index is 1280. The number of halogens is 2. The van der Waals surface area contributed by atoms with Gasteiger partial charge in [0.25, 0.3) is 5.56 Å². The number of unbranched alkanes of at least 4 members (excludes halogenated alkanes) is 1. The van der Waals surface area contributed by atoms with E-state index in [4.69, 9.17) is 32.5 Å². The number of anilines is 1. The van der Waals surface area contributed by atoms with Gasteiger partial charge in [0, 0.05) is 38.3 Å². The Hall–Kier alpha value is -1.90. The summed E-state index contributed by atoms with van der Waals surface area (Å²) in [4.78, 5) is 36.3. The van der Waals surface area contributed by atoms with Crippen LogP contribution in [0.1, 0.15) is 32.9 Å². The first kappa shape index (κ1) is 29.1. The number of pyridine rings is 1. The van der Waals surface area contributed by atoms with E-state index in [-0.39, 0.29) is 11.5 Å². The molecule has 1 aliphatic heterocycles. The number of fused-ring (bicyclic) bond motifs is 1. The first-order chi connectivity index (χ1) is 18.2. The lowest BCUT2D eigenvalue weighted by molar-refractivity contribution is 0.0690. The average Bonchev–Trinajstić information content (AvgIpc) is 2.89. The van der Waals surface area contributed by atoms with Crippen LogP contribution < -0.4 is 15.2 Å². The number of nitrogens with zero attached hydrogens (tertiary/aromatic N) is 3. The number of piperazine rings is 1. The molecule has 0 spiro atoms. The zero-order chi connectivity index (χ0) is 27.2. The molecule has 0 radical (unpaired) electrons. The van der Waals surface area contributed by atoms with E-state index >= 15 is 0 Å². The second-order valence-electron chi connectivity index (χ2n) is 9.71. The van der Waals surface area contributed by atoms with Crippen LogP contribution in [-0.2, 0) is 4.52 Å². The quantitative estimate of drug-likeness (QED) is 0.223. The summed E-state index contributed by atoms with van der Waals surface area (Å²) in [5.41, 5.74) is 1.35. The molecule has 2 heterocycles. The zero-order valence-electron chi connectivity index (χ0n) is 21.6. The van der Waals surface area contributed by atoms with Crippen LogP contribution in [0.4, 0.5) is 5.69 Å². The lowest BCUT2D eigenvalue weighted by atomic mass is 10.1. The van der Waals surface area contributed by atoms with Crippen molar-refractivity contribution in [2.75, 3.05) is 44.2 Å². The maximum absolute atomic E-state index is 12.7. The van der Waals surface area contributed by atoms with Crippen LogP contribution in [0.15, 0.2) is 53.3 Å². The molecule has 4 rings (SSSR count). The molecule has 0 aliphatic carbocycles. The molecular formula is C27H34Cl2N3O5P. The van der Waals surface area contributed by atoms with Gasteiger partial charge in [0.2, 0.25) is 0 Å². The van der Waals surface area contributed by atoms with Crippen LogP contribution in [-0.4, -0.2) is 58.6 Å². The predicted molar refractivity (Wildman–Crippen MR) is 154 cm³/mol. The number of rotatable bonds is 11. The molecule has 1 aliphatic rings. The van der Waals surface area contributed by atoms with Gasteiger partial charge in [-0.3, -0.25) is 18.8 Å². The van der Waals surface area contributed by atoms with Gasteiger partial charge in [-0.25, -0.2) is 0 Å². The van der Waals surface area contributed by atoms with Gasteiger partial charge in [-0.2, -0.15) is 0 Å². The molecule has 0 bridgehead atoms. The molecule has 1 aromatic heterocycles. The fourth-order valence-corrected chi connectivity index (χ4v) is 5.67. The van der Waals surface area contributed by atoms with Crippen molar-refractivity contribution in [2.24, 2.45) is 5.92 Å². The van der Waals surface area contributed by atoms with Crippen molar-refractivity contribution in [2.45, 2.75) is 32.9 Å². The van der Waals surface area contributed by atoms with Crippen molar-refractivity contribution < 1.29 is 19.0 Å². The van der Waals surface area contributed by atoms with Crippen LogP contribution in [0.5, 0.6) is 5.75 Å². The summed E-state index contributed by atoms with van der Waals surface area (Å²) in [5.74, 6) is 0.498. The maximum atomic E-state index is 12.7. The Morgan fingerprint density at radius 3 is 2.45 bits per heavy atom. The highest BCUT2D eigenvalue weighted by atomic mass is 35.5. The molecule has 206 valence electrons. The molecule has 8 nitrogen and oxygen atoms in total. The Morgan fingerprint density at radius 2 is 1.74 bits per heavy atom. The highest BCUT2D eigenvalue weighted by Gasteiger charge is 2.23. The molecule has 1 fully saturated rings. The Kier molecular flexibility index (Phi) is 10.3. The summed E-state index contributed by atoms with van der Waals surface area (Å²) in [5, 5.41) is 2.04. The third-order valence-corrected chi connectivity index (χ3v) is 7.93. The smallest absolute Gasteiger partial charge is 0.329 e. The first-order valence-corrected chi connectivity index (χ1v) is 14.7. The summed E-state index contributed by atoms with van der Waals surface area (Å²) >= 11 is 12.6. The molecule has 1 unspecified atom stereocenters. The number of ether oxygens (including phenoxy) is 1.